The predicted molar refractivity (Wildman–Crippen MR) is 161 cm³/mol. The highest BCUT2D eigenvalue weighted by atomic mass is 15.2. The fourth-order valence-electron chi connectivity index (χ4n) is 6.11. The van der Waals surface area contributed by atoms with Gasteiger partial charge >= 0.3 is 0 Å². The van der Waals surface area contributed by atoms with Crippen LogP contribution in [0.4, 0.5) is 0 Å². The molecule has 3 heterocycles. The van der Waals surface area contributed by atoms with Crippen molar-refractivity contribution < 1.29 is 0 Å². The van der Waals surface area contributed by atoms with Gasteiger partial charge in [0.15, 0.2) is 0 Å². The first-order valence-electron chi connectivity index (χ1n) is 13.4. The zero-order valence-electron chi connectivity index (χ0n) is 21.8. The van der Waals surface area contributed by atoms with Crippen LogP contribution in [0, 0.1) is 5.41 Å². The van der Waals surface area contributed by atoms with Crippen molar-refractivity contribution in [2.75, 3.05) is 0 Å². The van der Waals surface area contributed by atoms with E-state index in [1.807, 2.05) is 6.07 Å². The average Bonchev–Trinajstić information content (AvgIpc) is 3.63. The molecule has 0 amide bonds. The van der Waals surface area contributed by atoms with Crippen molar-refractivity contribution in [1.82, 2.24) is 19.1 Å². The van der Waals surface area contributed by atoms with Crippen LogP contribution in [-0.4, -0.2) is 19.1 Å². The van der Waals surface area contributed by atoms with E-state index in [2.05, 4.69) is 138 Å². The lowest BCUT2D eigenvalue weighted by Crippen LogP contribution is -2.30. The van der Waals surface area contributed by atoms with E-state index in [0.29, 0.717) is 5.95 Å². The summed E-state index contributed by atoms with van der Waals surface area (Å²) in [7, 11) is 0. The predicted octanol–water partition coefficient (Wildman–Crippen LogP) is 6.79. The number of aromatic nitrogens is 4. The van der Waals surface area contributed by atoms with Gasteiger partial charge in [-0.15, -0.1) is 0 Å². The Kier molecular flexibility index (Phi) is 4.54. The van der Waals surface area contributed by atoms with E-state index in [1.54, 1.807) is 0 Å². The molecule has 0 bridgehead atoms. The molecule has 0 unspecified atom stereocenters. The van der Waals surface area contributed by atoms with Gasteiger partial charge in [0.2, 0.25) is 5.95 Å². The molecule has 39 heavy (non-hydrogen) atoms. The second-order valence-electron chi connectivity index (χ2n) is 10.9. The lowest BCUT2D eigenvalue weighted by molar-refractivity contribution is 0.723. The summed E-state index contributed by atoms with van der Waals surface area (Å²) in [4.78, 5) is 10.5. The summed E-state index contributed by atoms with van der Waals surface area (Å²) < 4.78 is 4.51. The van der Waals surface area contributed by atoms with Crippen molar-refractivity contribution in [3.63, 3.8) is 0 Å². The molecule has 3 aromatic heterocycles. The standard InChI is InChI=1S/C35H26N4/c1-35(2)21-28-29(22-35)36-34(37-32(28)23-11-5-3-6-12-23)39-31-16-10-9-15-25(31)26-17-18-30-27(33(26)39)19-20-38(30)24-13-7-4-8-14-24/h3-22H,1-2H3. The Morgan fingerprint density at radius 3 is 2.18 bits per heavy atom. The van der Waals surface area contributed by atoms with Crippen LogP contribution in [0.2, 0.25) is 0 Å². The highest BCUT2D eigenvalue weighted by Crippen LogP contribution is 2.37. The molecule has 0 aliphatic heterocycles. The van der Waals surface area contributed by atoms with Gasteiger partial charge in [-0.1, -0.05) is 92.7 Å². The van der Waals surface area contributed by atoms with Crippen molar-refractivity contribution in [3.05, 3.63) is 120 Å². The van der Waals surface area contributed by atoms with Gasteiger partial charge in [-0.2, -0.15) is 0 Å². The first-order valence-corrected chi connectivity index (χ1v) is 13.4. The highest BCUT2D eigenvalue weighted by molar-refractivity contribution is 6.18. The third-order valence-corrected chi connectivity index (χ3v) is 7.77. The Morgan fingerprint density at radius 2 is 1.36 bits per heavy atom. The van der Waals surface area contributed by atoms with Gasteiger partial charge in [-0.3, -0.25) is 4.57 Å². The van der Waals surface area contributed by atoms with E-state index < -0.39 is 0 Å². The monoisotopic (exact) mass is 502 g/mol. The maximum Gasteiger partial charge on any atom is 0.235 e. The van der Waals surface area contributed by atoms with Crippen molar-refractivity contribution in [1.29, 1.82) is 0 Å². The van der Waals surface area contributed by atoms with Gasteiger partial charge in [0.1, 0.15) is 0 Å². The highest BCUT2D eigenvalue weighted by Gasteiger charge is 2.23. The quantitative estimate of drug-likeness (QED) is 0.267. The molecule has 0 N–H and O–H groups in total. The smallest absolute Gasteiger partial charge is 0.235 e. The second kappa shape index (κ2) is 8.02. The first-order chi connectivity index (χ1) is 19.1. The third-order valence-electron chi connectivity index (χ3n) is 7.77. The van der Waals surface area contributed by atoms with Crippen LogP contribution in [0.1, 0.15) is 13.8 Å². The SMILES string of the molecule is CC1(C)C=c2nc(-n3c4ccccc4c4ccc5c(ccn5-c5ccccc5)c43)nc(-c3ccccc3)c2=C1. The van der Waals surface area contributed by atoms with Gasteiger partial charge in [0.05, 0.1) is 27.6 Å². The molecule has 4 aromatic carbocycles. The fourth-order valence-corrected chi connectivity index (χ4v) is 6.11. The largest absolute Gasteiger partial charge is 0.316 e. The molecule has 0 atom stereocenters. The fraction of sp³-hybridized carbons (Fsp3) is 0.0857. The second-order valence-corrected chi connectivity index (χ2v) is 10.9. The van der Waals surface area contributed by atoms with Crippen molar-refractivity contribution in [3.8, 4) is 22.9 Å². The third kappa shape index (κ3) is 3.31. The van der Waals surface area contributed by atoms with E-state index in [-0.39, 0.29) is 5.41 Å². The molecular weight excluding hydrogens is 476 g/mol. The molecule has 0 spiro atoms. The topological polar surface area (TPSA) is 35.6 Å². The maximum absolute atomic E-state index is 5.29. The van der Waals surface area contributed by atoms with Crippen LogP contribution in [0.25, 0.3) is 67.8 Å². The maximum atomic E-state index is 5.29. The molecule has 7 aromatic rings. The minimum atomic E-state index is -0.0832. The number of hydrogen-bond donors (Lipinski definition) is 0. The molecule has 4 heteroatoms. The van der Waals surface area contributed by atoms with E-state index in [9.17, 15) is 0 Å². The summed E-state index contributed by atoms with van der Waals surface area (Å²) in [5.41, 5.74) is 6.51. The van der Waals surface area contributed by atoms with Crippen molar-refractivity contribution in [2.45, 2.75) is 13.8 Å². The summed E-state index contributed by atoms with van der Waals surface area (Å²) in [6.07, 6.45) is 6.71. The number of hydrogen-bond acceptors (Lipinski definition) is 2. The minimum absolute atomic E-state index is 0.0832. The molecule has 0 radical (unpaired) electrons. The van der Waals surface area contributed by atoms with Gasteiger partial charge in [-0.25, -0.2) is 9.97 Å². The minimum Gasteiger partial charge on any atom is -0.316 e. The molecule has 0 fully saturated rings. The summed E-state index contributed by atoms with van der Waals surface area (Å²) in [5, 5.41) is 5.67. The normalized spacial score (nSPS) is 14.0. The van der Waals surface area contributed by atoms with E-state index in [4.69, 9.17) is 9.97 Å². The Morgan fingerprint density at radius 1 is 0.615 bits per heavy atom. The van der Waals surface area contributed by atoms with E-state index in [0.717, 1.165) is 44.1 Å². The summed E-state index contributed by atoms with van der Waals surface area (Å²) in [6, 6.07) is 36.2. The number of nitrogens with zero attached hydrogens (tertiary/aromatic N) is 4. The van der Waals surface area contributed by atoms with Crippen molar-refractivity contribution >= 4 is 44.9 Å². The molecule has 4 nitrogen and oxygen atoms in total. The Labute approximate surface area is 225 Å². The molecule has 186 valence electrons. The zero-order chi connectivity index (χ0) is 26.1. The molecule has 1 aliphatic rings. The Hall–Kier alpha value is -4.96. The average molecular weight is 503 g/mol. The van der Waals surface area contributed by atoms with Crippen molar-refractivity contribution in [2.24, 2.45) is 5.41 Å². The van der Waals surface area contributed by atoms with Gasteiger partial charge in [0, 0.05) is 44.2 Å². The first kappa shape index (κ1) is 22.1. The summed E-state index contributed by atoms with van der Waals surface area (Å²) in [6.45, 7) is 4.44. The number of fused-ring (bicyclic) bond motifs is 6. The lowest BCUT2D eigenvalue weighted by atomic mass is 9.96. The van der Waals surface area contributed by atoms with E-state index >= 15 is 0 Å². The van der Waals surface area contributed by atoms with Crippen LogP contribution in [0.3, 0.4) is 0 Å². The van der Waals surface area contributed by atoms with Crippen LogP contribution in [0.5, 0.6) is 0 Å². The number of rotatable bonds is 3. The Balaban J connectivity index is 1.51. The Bertz CT molecular complexity index is 2180. The van der Waals surface area contributed by atoms with Crippen LogP contribution in [0.15, 0.2) is 109 Å². The molecule has 0 saturated carbocycles. The molecule has 1 aliphatic carbocycles. The molecule has 0 saturated heterocycles. The zero-order valence-corrected chi connectivity index (χ0v) is 21.8. The number of para-hydroxylation sites is 2. The van der Waals surface area contributed by atoms with Gasteiger partial charge < -0.3 is 4.57 Å². The number of benzene rings is 4. The van der Waals surface area contributed by atoms with Crippen LogP contribution in [-0.2, 0) is 0 Å². The molecule has 8 rings (SSSR count). The van der Waals surface area contributed by atoms with Crippen LogP contribution >= 0.6 is 0 Å². The van der Waals surface area contributed by atoms with Crippen LogP contribution < -0.4 is 10.6 Å². The summed E-state index contributed by atoms with van der Waals surface area (Å²) >= 11 is 0. The van der Waals surface area contributed by atoms with Gasteiger partial charge in [-0.05, 0) is 36.4 Å². The van der Waals surface area contributed by atoms with E-state index in [1.165, 1.54) is 16.2 Å². The molecular formula is C35H26N4. The summed E-state index contributed by atoms with van der Waals surface area (Å²) in [5.74, 6) is 0.695. The van der Waals surface area contributed by atoms with Gasteiger partial charge in [0.25, 0.3) is 0 Å². The lowest BCUT2D eigenvalue weighted by Gasteiger charge is -2.10.